The summed E-state index contributed by atoms with van der Waals surface area (Å²) in [5.41, 5.74) is 7.05. The van der Waals surface area contributed by atoms with Crippen LogP contribution in [0.3, 0.4) is 0 Å². The summed E-state index contributed by atoms with van der Waals surface area (Å²) in [6, 6.07) is 25.0. The first-order valence-electron chi connectivity index (χ1n) is 10.2. The lowest BCUT2D eigenvalue weighted by molar-refractivity contribution is -0.116. The predicted molar refractivity (Wildman–Crippen MR) is 128 cm³/mol. The second-order valence-electron chi connectivity index (χ2n) is 7.52. The van der Waals surface area contributed by atoms with Crippen LogP contribution in [0.5, 0.6) is 0 Å². The van der Waals surface area contributed by atoms with Gasteiger partial charge in [0.25, 0.3) is 0 Å². The fourth-order valence-electron chi connectivity index (χ4n) is 3.62. The number of nitrogens with one attached hydrogen (secondary N) is 2. The first-order valence-corrected chi connectivity index (χ1v) is 11.4. The summed E-state index contributed by atoms with van der Waals surface area (Å²) in [6.07, 6.45) is 0. The van der Waals surface area contributed by atoms with E-state index in [0.29, 0.717) is 21.7 Å². The van der Waals surface area contributed by atoms with Crippen LogP contribution in [0.25, 0.3) is 11.4 Å². The SMILES string of the molecule is Cc1ccc(NC(=O)C2Sc3nnc(-c4ccccc4)n3NC2c2ccccc2)cc1Cl. The summed E-state index contributed by atoms with van der Waals surface area (Å²) in [4.78, 5) is 13.4. The highest BCUT2D eigenvalue weighted by Crippen LogP contribution is 2.39. The molecule has 0 spiro atoms. The summed E-state index contributed by atoms with van der Waals surface area (Å²) < 4.78 is 1.87. The maximum atomic E-state index is 13.4. The van der Waals surface area contributed by atoms with Crippen molar-refractivity contribution in [3.05, 3.63) is 95.0 Å². The maximum absolute atomic E-state index is 13.4. The average Bonchev–Trinajstić information content (AvgIpc) is 3.25. The van der Waals surface area contributed by atoms with E-state index in [4.69, 9.17) is 11.6 Å². The van der Waals surface area contributed by atoms with Crippen LogP contribution in [0.15, 0.2) is 84.0 Å². The lowest BCUT2D eigenvalue weighted by atomic mass is 10.0. The van der Waals surface area contributed by atoms with E-state index >= 15 is 0 Å². The van der Waals surface area contributed by atoms with Crippen LogP contribution in [0.1, 0.15) is 17.2 Å². The van der Waals surface area contributed by atoms with Crippen molar-refractivity contribution in [3.63, 3.8) is 0 Å². The molecule has 1 amide bonds. The van der Waals surface area contributed by atoms with Gasteiger partial charge in [-0.25, -0.2) is 4.68 Å². The normalized spacial score (nSPS) is 17.3. The van der Waals surface area contributed by atoms with Crippen LogP contribution in [0.2, 0.25) is 5.02 Å². The lowest BCUT2D eigenvalue weighted by Crippen LogP contribution is -2.41. The number of thioether (sulfide) groups is 1. The number of aryl methyl sites for hydroxylation is 1. The Bertz CT molecular complexity index is 1260. The van der Waals surface area contributed by atoms with Crippen molar-refractivity contribution in [1.29, 1.82) is 0 Å². The Balaban J connectivity index is 1.50. The standard InChI is InChI=1S/C24H20ClN5OS/c1-15-12-13-18(14-19(15)25)26-23(31)21-20(16-8-4-2-5-9-16)29-30-22(27-28-24(30)32-21)17-10-6-3-7-11-17/h2-14,20-21,29H,1H3,(H,26,31). The number of anilines is 1. The van der Waals surface area contributed by atoms with E-state index in [1.54, 1.807) is 6.07 Å². The van der Waals surface area contributed by atoms with Gasteiger partial charge in [-0.05, 0) is 30.2 Å². The lowest BCUT2D eigenvalue weighted by Gasteiger charge is -2.33. The smallest absolute Gasteiger partial charge is 0.240 e. The number of carbonyl (C=O) groups excluding carboxylic acids is 1. The van der Waals surface area contributed by atoms with Crippen LogP contribution >= 0.6 is 23.4 Å². The van der Waals surface area contributed by atoms with Crippen LogP contribution < -0.4 is 10.7 Å². The summed E-state index contributed by atoms with van der Waals surface area (Å²) in [7, 11) is 0. The number of carbonyl (C=O) groups is 1. The van der Waals surface area contributed by atoms with Crippen molar-refractivity contribution < 1.29 is 4.79 Å². The summed E-state index contributed by atoms with van der Waals surface area (Å²) >= 11 is 7.64. The van der Waals surface area contributed by atoms with Gasteiger partial charge in [0.1, 0.15) is 5.25 Å². The predicted octanol–water partition coefficient (Wildman–Crippen LogP) is 5.30. The molecule has 5 rings (SSSR count). The van der Waals surface area contributed by atoms with Gasteiger partial charge in [0.2, 0.25) is 11.1 Å². The molecule has 4 aromatic rings. The molecule has 1 aliphatic heterocycles. The zero-order valence-corrected chi connectivity index (χ0v) is 18.8. The minimum absolute atomic E-state index is 0.133. The van der Waals surface area contributed by atoms with Crippen molar-refractivity contribution in [3.8, 4) is 11.4 Å². The number of hydrogen-bond donors (Lipinski definition) is 2. The molecular weight excluding hydrogens is 442 g/mol. The van der Waals surface area contributed by atoms with Crippen molar-refractivity contribution in [2.24, 2.45) is 0 Å². The van der Waals surface area contributed by atoms with Gasteiger partial charge in [0, 0.05) is 16.3 Å². The quantitative estimate of drug-likeness (QED) is 0.431. The Morgan fingerprint density at radius 3 is 2.47 bits per heavy atom. The van der Waals surface area contributed by atoms with Gasteiger partial charge in [-0.1, -0.05) is 90.1 Å². The molecule has 2 N–H and O–H groups in total. The van der Waals surface area contributed by atoms with Gasteiger partial charge < -0.3 is 10.7 Å². The molecule has 6 nitrogen and oxygen atoms in total. The topological polar surface area (TPSA) is 71.8 Å². The Morgan fingerprint density at radius 2 is 1.75 bits per heavy atom. The summed E-state index contributed by atoms with van der Waals surface area (Å²) in [5, 5.41) is 12.5. The van der Waals surface area contributed by atoms with E-state index in [1.807, 2.05) is 84.4 Å². The molecule has 3 aromatic carbocycles. The number of rotatable bonds is 4. The monoisotopic (exact) mass is 461 g/mol. The third-order valence-corrected chi connectivity index (χ3v) is 6.95. The summed E-state index contributed by atoms with van der Waals surface area (Å²) in [5.74, 6) is 0.574. The van der Waals surface area contributed by atoms with E-state index in [-0.39, 0.29) is 11.9 Å². The highest BCUT2D eigenvalue weighted by atomic mass is 35.5. The molecular formula is C24H20ClN5OS. The second-order valence-corrected chi connectivity index (χ2v) is 9.03. The highest BCUT2D eigenvalue weighted by molar-refractivity contribution is 8.00. The van der Waals surface area contributed by atoms with Crippen LogP contribution in [0, 0.1) is 6.92 Å². The Morgan fingerprint density at radius 1 is 1.03 bits per heavy atom. The van der Waals surface area contributed by atoms with Crippen molar-refractivity contribution in [2.45, 2.75) is 23.4 Å². The van der Waals surface area contributed by atoms with E-state index in [9.17, 15) is 4.79 Å². The molecule has 1 aromatic heterocycles. The van der Waals surface area contributed by atoms with Gasteiger partial charge in [0.05, 0.1) is 6.04 Å². The first kappa shape index (κ1) is 20.6. The van der Waals surface area contributed by atoms with Gasteiger partial charge in [-0.15, -0.1) is 10.2 Å². The van der Waals surface area contributed by atoms with E-state index in [0.717, 1.165) is 16.7 Å². The molecule has 2 heterocycles. The van der Waals surface area contributed by atoms with E-state index in [1.165, 1.54) is 11.8 Å². The van der Waals surface area contributed by atoms with Crippen LogP contribution in [-0.4, -0.2) is 26.0 Å². The molecule has 0 saturated heterocycles. The molecule has 8 heteroatoms. The zero-order valence-electron chi connectivity index (χ0n) is 17.2. The second kappa shape index (κ2) is 8.68. The number of benzene rings is 3. The molecule has 0 aliphatic carbocycles. The Labute approximate surface area is 195 Å². The minimum Gasteiger partial charge on any atom is -0.325 e. The largest absolute Gasteiger partial charge is 0.325 e. The molecule has 0 bridgehead atoms. The molecule has 32 heavy (non-hydrogen) atoms. The van der Waals surface area contributed by atoms with Gasteiger partial charge in [-0.3, -0.25) is 4.79 Å². The minimum atomic E-state index is -0.460. The summed E-state index contributed by atoms with van der Waals surface area (Å²) in [6.45, 7) is 1.93. The maximum Gasteiger partial charge on any atom is 0.240 e. The molecule has 160 valence electrons. The zero-order chi connectivity index (χ0) is 22.1. The van der Waals surface area contributed by atoms with E-state index < -0.39 is 5.25 Å². The Kier molecular flexibility index (Phi) is 5.59. The number of hydrogen-bond acceptors (Lipinski definition) is 5. The number of nitrogens with zero attached hydrogens (tertiary/aromatic N) is 3. The molecule has 0 saturated carbocycles. The first-order chi connectivity index (χ1) is 15.6. The van der Waals surface area contributed by atoms with Crippen LogP contribution in [0.4, 0.5) is 5.69 Å². The van der Waals surface area contributed by atoms with Gasteiger partial charge in [0.15, 0.2) is 5.82 Å². The number of halogens is 1. The number of aromatic nitrogens is 3. The van der Waals surface area contributed by atoms with Crippen molar-refractivity contribution in [2.75, 3.05) is 10.7 Å². The van der Waals surface area contributed by atoms with Crippen LogP contribution in [-0.2, 0) is 4.79 Å². The van der Waals surface area contributed by atoms with Crippen molar-refractivity contribution in [1.82, 2.24) is 14.9 Å². The molecule has 1 aliphatic rings. The fourth-order valence-corrected chi connectivity index (χ4v) is 4.88. The van der Waals surface area contributed by atoms with Crippen molar-refractivity contribution >= 4 is 35.0 Å². The van der Waals surface area contributed by atoms with E-state index in [2.05, 4.69) is 20.9 Å². The van der Waals surface area contributed by atoms with Gasteiger partial charge in [-0.2, -0.15) is 0 Å². The molecule has 2 unspecified atom stereocenters. The molecule has 2 atom stereocenters. The third-order valence-electron chi connectivity index (χ3n) is 5.33. The molecule has 0 radical (unpaired) electrons. The van der Waals surface area contributed by atoms with Gasteiger partial charge >= 0.3 is 0 Å². The average molecular weight is 462 g/mol. The number of fused-ring (bicyclic) bond motifs is 1. The molecule has 0 fully saturated rings. The fraction of sp³-hybridized carbons (Fsp3) is 0.125. The number of amides is 1. The Hall–Kier alpha value is -3.29. The highest BCUT2D eigenvalue weighted by Gasteiger charge is 2.38. The third kappa shape index (κ3) is 3.97.